The predicted octanol–water partition coefficient (Wildman–Crippen LogP) is 5.02. The number of esters is 1. The molecule has 0 atom stereocenters. The summed E-state index contributed by atoms with van der Waals surface area (Å²) >= 11 is 1.19. The van der Waals surface area contributed by atoms with Crippen molar-refractivity contribution in [2.75, 3.05) is 19.0 Å². The van der Waals surface area contributed by atoms with Crippen LogP contribution in [0.5, 0.6) is 0 Å². The van der Waals surface area contributed by atoms with Gasteiger partial charge >= 0.3 is 12.0 Å². The Morgan fingerprint density at radius 3 is 2.58 bits per heavy atom. The fraction of sp³-hybridized carbons (Fsp3) is 0.167. The van der Waals surface area contributed by atoms with Gasteiger partial charge in [-0.2, -0.15) is 0 Å². The van der Waals surface area contributed by atoms with Crippen molar-refractivity contribution < 1.29 is 18.7 Å². The molecule has 2 aromatic carbocycles. The zero-order valence-corrected chi connectivity index (χ0v) is 18.8. The number of hydrogen-bond acceptors (Lipinski definition) is 6. The molecular formula is C24H21FN4O3S. The highest BCUT2D eigenvalue weighted by atomic mass is 32.1. The van der Waals surface area contributed by atoms with Gasteiger partial charge in [-0.05, 0) is 36.2 Å². The van der Waals surface area contributed by atoms with Crippen molar-refractivity contribution in [3.63, 3.8) is 0 Å². The fourth-order valence-corrected chi connectivity index (χ4v) is 4.35. The second-order valence-electron chi connectivity index (χ2n) is 7.13. The first-order valence-corrected chi connectivity index (χ1v) is 11.1. The van der Waals surface area contributed by atoms with E-state index in [1.807, 2.05) is 12.1 Å². The molecule has 168 valence electrons. The molecule has 2 aromatic heterocycles. The van der Waals surface area contributed by atoms with E-state index < -0.39 is 11.8 Å². The van der Waals surface area contributed by atoms with Crippen molar-refractivity contribution in [2.24, 2.45) is 0 Å². The summed E-state index contributed by atoms with van der Waals surface area (Å²) < 4.78 is 20.9. The Labute approximate surface area is 193 Å². The lowest BCUT2D eigenvalue weighted by Gasteiger charge is -2.10. The molecule has 4 rings (SSSR count). The molecule has 0 fully saturated rings. The van der Waals surface area contributed by atoms with Crippen LogP contribution < -0.4 is 10.6 Å². The number of pyridine rings is 1. The zero-order valence-electron chi connectivity index (χ0n) is 18.0. The van der Waals surface area contributed by atoms with Crippen molar-refractivity contribution >= 4 is 38.7 Å². The van der Waals surface area contributed by atoms with Gasteiger partial charge in [-0.3, -0.25) is 15.1 Å². The van der Waals surface area contributed by atoms with Crippen LogP contribution in [0.25, 0.3) is 32.6 Å². The third-order valence-electron chi connectivity index (χ3n) is 4.94. The lowest BCUT2D eigenvalue weighted by molar-refractivity contribution is -0.139. The molecule has 0 bridgehead atoms. The summed E-state index contributed by atoms with van der Waals surface area (Å²) in [6, 6.07) is 13.9. The molecule has 4 aromatic rings. The Bertz CT molecular complexity index is 1310. The molecule has 0 spiro atoms. The first-order valence-electron chi connectivity index (χ1n) is 10.3. The molecule has 0 radical (unpaired) electrons. The summed E-state index contributed by atoms with van der Waals surface area (Å²) in [6.07, 6.45) is 1.80. The minimum Gasteiger partial charge on any atom is -0.469 e. The van der Waals surface area contributed by atoms with Gasteiger partial charge in [0.1, 0.15) is 5.52 Å². The minimum atomic E-state index is -0.495. The van der Waals surface area contributed by atoms with Crippen molar-refractivity contribution in [1.82, 2.24) is 15.3 Å². The quantitative estimate of drug-likeness (QED) is 0.391. The van der Waals surface area contributed by atoms with E-state index >= 15 is 4.39 Å². The standard InChI is InChI=1S/C24H21FN4O3S/c1-3-26-23(31)29-24-28-21-20(25)16(15-9-7-14(8-10-15)12-19(30)32-2)13-17(22(21)33-24)18-6-4-5-11-27-18/h4-11,13H,3,12H2,1-2H3,(H2,26,28,29,31). The number of carbonyl (C=O) groups excluding carboxylic acids is 2. The number of urea groups is 1. The highest BCUT2D eigenvalue weighted by molar-refractivity contribution is 7.22. The maximum absolute atomic E-state index is 15.6. The van der Waals surface area contributed by atoms with Crippen LogP contribution in [0.15, 0.2) is 54.7 Å². The van der Waals surface area contributed by atoms with Crippen molar-refractivity contribution in [3.8, 4) is 22.4 Å². The Morgan fingerprint density at radius 2 is 1.91 bits per heavy atom. The number of benzene rings is 2. The summed E-state index contributed by atoms with van der Waals surface area (Å²) in [4.78, 5) is 32.3. The van der Waals surface area contributed by atoms with Crippen LogP contribution in [0.2, 0.25) is 0 Å². The molecule has 0 aliphatic heterocycles. The minimum absolute atomic E-state index is 0.137. The van der Waals surface area contributed by atoms with Gasteiger partial charge in [0.05, 0.1) is 23.9 Å². The molecule has 7 nitrogen and oxygen atoms in total. The van der Waals surface area contributed by atoms with Gasteiger partial charge < -0.3 is 10.1 Å². The van der Waals surface area contributed by atoms with E-state index in [4.69, 9.17) is 4.74 Å². The van der Waals surface area contributed by atoms with Gasteiger partial charge in [0, 0.05) is 23.9 Å². The van der Waals surface area contributed by atoms with Crippen molar-refractivity contribution in [2.45, 2.75) is 13.3 Å². The molecular weight excluding hydrogens is 443 g/mol. The number of amides is 2. The van der Waals surface area contributed by atoms with Crippen LogP contribution in [-0.2, 0) is 16.0 Å². The third-order valence-corrected chi connectivity index (χ3v) is 5.95. The summed E-state index contributed by atoms with van der Waals surface area (Å²) in [7, 11) is 1.34. The summed E-state index contributed by atoms with van der Waals surface area (Å²) in [5.74, 6) is -0.840. The fourth-order valence-electron chi connectivity index (χ4n) is 3.37. The molecule has 2 N–H and O–H groups in total. The molecule has 9 heteroatoms. The number of ether oxygens (including phenoxy) is 1. The number of rotatable bonds is 6. The Hall–Kier alpha value is -3.85. The first kappa shape index (κ1) is 22.3. The van der Waals surface area contributed by atoms with E-state index in [2.05, 4.69) is 20.6 Å². The van der Waals surface area contributed by atoms with Gasteiger partial charge in [0.25, 0.3) is 0 Å². The summed E-state index contributed by atoms with van der Waals surface area (Å²) in [6.45, 7) is 2.26. The van der Waals surface area contributed by atoms with E-state index in [0.29, 0.717) is 33.6 Å². The Balaban J connectivity index is 1.82. The lowest BCUT2D eigenvalue weighted by Crippen LogP contribution is -2.28. The molecule has 0 aliphatic carbocycles. The molecule has 33 heavy (non-hydrogen) atoms. The van der Waals surface area contributed by atoms with E-state index in [-0.39, 0.29) is 23.0 Å². The highest BCUT2D eigenvalue weighted by Gasteiger charge is 2.20. The topological polar surface area (TPSA) is 93.2 Å². The maximum atomic E-state index is 15.6. The Morgan fingerprint density at radius 1 is 1.12 bits per heavy atom. The molecule has 0 saturated carbocycles. The van der Waals surface area contributed by atoms with Gasteiger partial charge in [-0.25, -0.2) is 14.2 Å². The number of methoxy groups -OCH3 is 1. The Kier molecular flexibility index (Phi) is 6.60. The van der Waals surface area contributed by atoms with Gasteiger partial charge in [0.2, 0.25) is 0 Å². The van der Waals surface area contributed by atoms with Crippen LogP contribution in [-0.4, -0.2) is 35.6 Å². The van der Waals surface area contributed by atoms with E-state index in [0.717, 1.165) is 5.56 Å². The number of fused-ring (bicyclic) bond motifs is 1. The van der Waals surface area contributed by atoms with Gasteiger partial charge in [-0.1, -0.05) is 41.7 Å². The maximum Gasteiger partial charge on any atom is 0.321 e. The number of hydrogen-bond donors (Lipinski definition) is 2. The van der Waals surface area contributed by atoms with E-state index in [1.54, 1.807) is 49.5 Å². The molecule has 2 heterocycles. The van der Waals surface area contributed by atoms with E-state index in [9.17, 15) is 9.59 Å². The van der Waals surface area contributed by atoms with Crippen LogP contribution in [0, 0.1) is 5.82 Å². The summed E-state index contributed by atoms with van der Waals surface area (Å²) in [5.41, 5.74) is 3.28. The number of halogens is 1. The van der Waals surface area contributed by atoms with E-state index in [1.165, 1.54) is 18.4 Å². The molecule has 0 aliphatic rings. The molecule has 2 amide bonds. The van der Waals surface area contributed by atoms with Gasteiger partial charge in [0.15, 0.2) is 10.9 Å². The largest absolute Gasteiger partial charge is 0.469 e. The second-order valence-corrected chi connectivity index (χ2v) is 8.13. The number of aromatic nitrogens is 2. The van der Waals surface area contributed by atoms with Crippen LogP contribution >= 0.6 is 11.3 Å². The van der Waals surface area contributed by atoms with Crippen molar-refractivity contribution in [3.05, 3.63) is 66.1 Å². The van der Waals surface area contributed by atoms with Crippen molar-refractivity contribution in [1.29, 1.82) is 0 Å². The second kappa shape index (κ2) is 9.74. The normalized spacial score (nSPS) is 10.8. The highest BCUT2D eigenvalue weighted by Crippen LogP contribution is 2.40. The SMILES string of the molecule is CCNC(=O)Nc1nc2c(F)c(-c3ccc(CC(=O)OC)cc3)cc(-c3ccccn3)c2s1. The number of nitrogens with zero attached hydrogens (tertiary/aromatic N) is 2. The summed E-state index contributed by atoms with van der Waals surface area (Å²) in [5, 5.41) is 5.58. The zero-order chi connectivity index (χ0) is 23.4. The average Bonchev–Trinajstić information content (AvgIpc) is 3.24. The average molecular weight is 465 g/mol. The number of nitrogens with one attached hydrogen (secondary N) is 2. The van der Waals surface area contributed by atoms with Crippen LogP contribution in [0.3, 0.4) is 0 Å². The van der Waals surface area contributed by atoms with Crippen LogP contribution in [0.1, 0.15) is 12.5 Å². The van der Waals surface area contributed by atoms with Crippen LogP contribution in [0.4, 0.5) is 14.3 Å². The third kappa shape index (κ3) is 4.83. The predicted molar refractivity (Wildman–Crippen MR) is 127 cm³/mol. The number of thiazole rings is 1. The number of anilines is 1. The lowest BCUT2D eigenvalue weighted by atomic mass is 9.98. The smallest absolute Gasteiger partial charge is 0.321 e. The monoisotopic (exact) mass is 464 g/mol. The van der Waals surface area contributed by atoms with Gasteiger partial charge in [-0.15, -0.1) is 0 Å². The number of carbonyl (C=O) groups is 2. The molecule has 0 unspecified atom stereocenters. The molecule has 0 saturated heterocycles. The first-order chi connectivity index (χ1) is 16.0.